The molecule has 80 valence electrons. The number of carboxylic acids is 1. The van der Waals surface area contributed by atoms with E-state index in [1.807, 2.05) is 0 Å². The summed E-state index contributed by atoms with van der Waals surface area (Å²) in [5, 5.41) is 10.8. The van der Waals surface area contributed by atoms with Gasteiger partial charge in [-0.15, -0.1) is 0 Å². The number of allylic oxidation sites excluding steroid dienone is 1. The Bertz CT molecular complexity index is 238. The highest BCUT2D eigenvalue weighted by Gasteiger charge is 1.98. The lowest BCUT2D eigenvalue weighted by molar-refractivity contribution is -0.132. The Morgan fingerprint density at radius 1 is 1.29 bits per heavy atom. The molecule has 0 saturated heterocycles. The van der Waals surface area contributed by atoms with Crippen molar-refractivity contribution in [1.29, 1.82) is 0 Å². The second-order valence-electron chi connectivity index (χ2n) is 2.75. The van der Waals surface area contributed by atoms with Crippen molar-refractivity contribution < 1.29 is 14.7 Å². The van der Waals surface area contributed by atoms with Crippen LogP contribution in [0.25, 0.3) is 0 Å². The summed E-state index contributed by atoms with van der Waals surface area (Å²) in [7, 11) is 0. The maximum absolute atomic E-state index is 10.2. The monoisotopic (exact) mass is 201 g/mol. The highest BCUT2D eigenvalue weighted by atomic mass is 16.4. The Hall–Kier alpha value is -1.72. The molecular weight excluding hydrogens is 186 g/mol. The minimum Gasteiger partial charge on any atom is -0.477 e. The van der Waals surface area contributed by atoms with Crippen LogP contribution in [-0.4, -0.2) is 23.7 Å². The summed E-state index contributed by atoms with van der Waals surface area (Å²) in [6.07, 6.45) is 3.53. The molecule has 0 fully saturated rings. The number of hydrogen-bond acceptors (Lipinski definition) is 3. The van der Waals surface area contributed by atoms with Gasteiger partial charge in [-0.05, 0) is 19.3 Å². The van der Waals surface area contributed by atoms with E-state index < -0.39 is 12.0 Å². The number of urea groups is 1. The molecule has 6 heteroatoms. The summed E-state index contributed by atoms with van der Waals surface area (Å²) in [6, 6.07) is -0.550. The highest BCUT2D eigenvalue weighted by molar-refractivity contribution is 5.85. The standard InChI is InChI=1S/C8H15N3O3/c9-6(7(12)13)4-2-1-3-5-11-8(10)14/h4H,1-3,5,9H2,(H,12,13)(H3,10,11,14). The van der Waals surface area contributed by atoms with E-state index in [4.69, 9.17) is 16.6 Å². The molecular formula is C8H15N3O3. The molecule has 2 amide bonds. The summed E-state index contributed by atoms with van der Waals surface area (Å²) >= 11 is 0. The zero-order valence-corrected chi connectivity index (χ0v) is 7.82. The van der Waals surface area contributed by atoms with Gasteiger partial charge in [-0.1, -0.05) is 6.08 Å². The fraction of sp³-hybridized carbons (Fsp3) is 0.500. The fourth-order valence-electron chi connectivity index (χ4n) is 0.826. The third kappa shape index (κ3) is 6.96. The van der Waals surface area contributed by atoms with Crippen LogP contribution in [-0.2, 0) is 4.79 Å². The Morgan fingerprint density at radius 3 is 2.43 bits per heavy atom. The second-order valence-corrected chi connectivity index (χ2v) is 2.75. The predicted molar refractivity (Wildman–Crippen MR) is 51.3 cm³/mol. The fourth-order valence-corrected chi connectivity index (χ4v) is 0.826. The van der Waals surface area contributed by atoms with Crippen LogP contribution in [0, 0.1) is 0 Å². The number of unbranched alkanes of at least 4 members (excludes halogenated alkanes) is 2. The van der Waals surface area contributed by atoms with Crippen molar-refractivity contribution >= 4 is 12.0 Å². The van der Waals surface area contributed by atoms with Crippen molar-refractivity contribution in [1.82, 2.24) is 5.32 Å². The summed E-state index contributed by atoms with van der Waals surface area (Å²) in [4.78, 5) is 20.5. The molecule has 0 radical (unpaired) electrons. The topological polar surface area (TPSA) is 118 Å². The average molecular weight is 201 g/mol. The van der Waals surface area contributed by atoms with Gasteiger partial charge in [0.15, 0.2) is 0 Å². The molecule has 0 bridgehead atoms. The highest BCUT2D eigenvalue weighted by Crippen LogP contribution is 1.97. The quantitative estimate of drug-likeness (QED) is 0.350. The van der Waals surface area contributed by atoms with Crippen molar-refractivity contribution in [3.05, 3.63) is 11.8 Å². The molecule has 0 aromatic carbocycles. The maximum atomic E-state index is 10.2. The molecule has 0 aliphatic heterocycles. The molecule has 14 heavy (non-hydrogen) atoms. The number of amides is 2. The minimum absolute atomic E-state index is 0.145. The van der Waals surface area contributed by atoms with E-state index in [9.17, 15) is 9.59 Å². The van der Waals surface area contributed by atoms with Gasteiger partial charge in [0.25, 0.3) is 0 Å². The van der Waals surface area contributed by atoms with Gasteiger partial charge >= 0.3 is 12.0 Å². The first-order chi connectivity index (χ1) is 6.54. The molecule has 0 rings (SSSR count). The van der Waals surface area contributed by atoms with E-state index >= 15 is 0 Å². The number of nitrogens with two attached hydrogens (primary N) is 2. The maximum Gasteiger partial charge on any atom is 0.351 e. The van der Waals surface area contributed by atoms with Crippen LogP contribution in [0.5, 0.6) is 0 Å². The van der Waals surface area contributed by atoms with E-state index in [0.29, 0.717) is 13.0 Å². The van der Waals surface area contributed by atoms with Crippen molar-refractivity contribution in [2.24, 2.45) is 11.5 Å². The van der Waals surface area contributed by atoms with E-state index in [1.54, 1.807) is 0 Å². The number of carboxylic acid groups (broad SMARTS) is 1. The zero-order valence-electron chi connectivity index (χ0n) is 7.82. The van der Waals surface area contributed by atoms with Crippen LogP contribution >= 0.6 is 0 Å². The Morgan fingerprint density at radius 2 is 1.93 bits per heavy atom. The number of hydrogen-bond donors (Lipinski definition) is 4. The molecule has 0 saturated carbocycles. The molecule has 0 unspecified atom stereocenters. The Balaban J connectivity index is 3.42. The Kier molecular flexibility index (Phi) is 5.93. The van der Waals surface area contributed by atoms with Gasteiger partial charge in [-0.25, -0.2) is 9.59 Å². The van der Waals surface area contributed by atoms with Crippen molar-refractivity contribution in [2.45, 2.75) is 19.3 Å². The van der Waals surface area contributed by atoms with Crippen LogP contribution in [0.4, 0.5) is 4.79 Å². The number of carbonyl (C=O) groups is 2. The van der Waals surface area contributed by atoms with Crippen molar-refractivity contribution in [3.8, 4) is 0 Å². The molecule has 0 aromatic heterocycles. The summed E-state index contributed by atoms with van der Waals surface area (Å²) < 4.78 is 0. The molecule has 0 aromatic rings. The molecule has 0 atom stereocenters. The van der Waals surface area contributed by atoms with E-state index in [2.05, 4.69) is 5.32 Å². The average Bonchev–Trinajstić information content (AvgIpc) is 2.09. The third-order valence-electron chi connectivity index (χ3n) is 1.54. The van der Waals surface area contributed by atoms with E-state index in [1.165, 1.54) is 6.08 Å². The second kappa shape index (κ2) is 6.76. The first kappa shape index (κ1) is 12.3. The number of carbonyl (C=O) groups excluding carboxylic acids is 1. The van der Waals surface area contributed by atoms with Crippen LogP contribution in [0.2, 0.25) is 0 Å². The third-order valence-corrected chi connectivity index (χ3v) is 1.54. The zero-order chi connectivity index (χ0) is 11.0. The molecule has 0 aliphatic carbocycles. The van der Waals surface area contributed by atoms with Crippen molar-refractivity contribution in [3.63, 3.8) is 0 Å². The number of rotatable bonds is 6. The summed E-state index contributed by atoms with van der Waals surface area (Å²) in [5.74, 6) is -1.11. The van der Waals surface area contributed by atoms with Crippen LogP contribution in [0.15, 0.2) is 11.8 Å². The summed E-state index contributed by atoms with van der Waals surface area (Å²) in [5.41, 5.74) is 9.84. The first-order valence-electron chi connectivity index (χ1n) is 4.26. The van der Waals surface area contributed by atoms with Gasteiger partial charge in [0, 0.05) is 6.54 Å². The largest absolute Gasteiger partial charge is 0.477 e. The minimum atomic E-state index is -1.11. The molecule has 0 heterocycles. The molecule has 0 aliphatic rings. The first-order valence-corrected chi connectivity index (χ1v) is 4.26. The van der Waals surface area contributed by atoms with Crippen molar-refractivity contribution in [2.75, 3.05) is 6.54 Å². The lowest BCUT2D eigenvalue weighted by atomic mass is 10.2. The van der Waals surface area contributed by atoms with Gasteiger partial charge in [0.05, 0.1) is 0 Å². The van der Waals surface area contributed by atoms with E-state index in [0.717, 1.165) is 12.8 Å². The normalized spacial score (nSPS) is 11.0. The van der Waals surface area contributed by atoms with E-state index in [-0.39, 0.29) is 5.70 Å². The van der Waals surface area contributed by atoms with Crippen LogP contribution in [0.3, 0.4) is 0 Å². The Labute approximate surface area is 82.0 Å². The van der Waals surface area contributed by atoms with Crippen LogP contribution < -0.4 is 16.8 Å². The molecule has 6 nitrogen and oxygen atoms in total. The predicted octanol–water partition coefficient (Wildman–Crippen LogP) is -0.248. The van der Waals surface area contributed by atoms with Crippen LogP contribution in [0.1, 0.15) is 19.3 Å². The smallest absolute Gasteiger partial charge is 0.351 e. The summed E-state index contributed by atoms with van der Waals surface area (Å²) in [6.45, 7) is 0.496. The number of primary amides is 1. The van der Waals surface area contributed by atoms with Gasteiger partial charge in [-0.2, -0.15) is 0 Å². The molecule has 0 spiro atoms. The molecule has 6 N–H and O–H groups in total. The van der Waals surface area contributed by atoms with Gasteiger partial charge in [0.2, 0.25) is 0 Å². The van der Waals surface area contributed by atoms with Gasteiger partial charge < -0.3 is 21.9 Å². The van der Waals surface area contributed by atoms with Gasteiger partial charge in [-0.3, -0.25) is 0 Å². The van der Waals surface area contributed by atoms with Gasteiger partial charge in [0.1, 0.15) is 5.70 Å². The lowest BCUT2D eigenvalue weighted by Gasteiger charge is -1.99. The number of aliphatic carboxylic acids is 1. The lowest BCUT2D eigenvalue weighted by Crippen LogP contribution is -2.29. The number of nitrogens with one attached hydrogen (secondary N) is 1. The SMILES string of the molecule is NC(=O)NCCCCC=C(N)C(=O)O.